The van der Waals surface area contributed by atoms with Gasteiger partial charge in [0.25, 0.3) is 0 Å². The monoisotopic (exact) mass is 346 g/mol. The number of aryl methyl sites for hydroxylation is 1. The third-order valence-corrected chi connectivity index (χ3v) is 4.61. The maximum atomic E-state index is 5.22. The van der Waals surface area contributed by atoms with E-state index in [1.54, 1.807) is 0 Å². The van der Waals surface area contributed by atoms with Crippen LogP contribution in [0.1, 0.15) is 56.2 Å². The molecule has 3 aromatic rings. The van der Waals surface area contributed by atoms with Crippen LogP contribution in [0, 0.1) is 0 Å². The van der Waals surface area contributed by atoms with Gasteiger partial charge in [-0.1, -0.05) is 64.1 Å². The Kier molecular flexibility index (Phi) is 5.36. The first-order valence-corrected chi connectivity index (χ1v) is 9.28. The molecule has 0 bridgehead atoms. The quantitative estimate of drug-likeness (QED) is 0.352. The number of benzene rings is 2. The molecule has 0 aliphatic carbocycles. The van der Waals surface area contributed by atoms with Gasteiger partial charge in [-0.2, -0.15) is 4.57 Å². The predicted molar refractivity (Wildman–Crippen MR) is 108 cm³/mol. The molecule has 0 unspecified atom stereocenters. The van der Waals surface area contributed by atoms with Crippen LogP contribution in [0.15, 0.2) is 72.2 Å². The highest BCUT2D eigenvalue weighted by Gasteiger charge is 2.18. The van der Waals surface area contributed by atoms with Crippen molar-refractivity contribution < 1.29 is 4.57 Å². The minimum absolute atomic E-state index is 0.422. The average molecular weight is 346 g/mol. The third kappa shape index (κ3) is 3.77. The first-order valence-electron chi connectivity index (χ1n) is 9.28. The van der Waals surface area contributed by atoms with Crippen molar-refractivity contribution in [1.82, 2.24) is 4.57 Å². The van der Waals surface area contributed by atoms with Crippen LogP contribution < -0.4 is 4.57 Å². The summed E-state index contributed by atoms with van der Waals surface area (Å²) in [5.74, 6) is 1.79. The standard InChI is InChI=1S/C23H28N3/c1-17(2)20-12-9-13-21(18(3)4)22(20)24-23(19-10-7-6-8-11-19)26-15-14-25(5)16-26/h6-18H,1-5H3/q+1. The fourth-order valence-electron chi connectivity index (χ4n) is 3.18. The SMILES string of the molecule is CC(C)c1cccc(C(C)C)c1N=C(c1ccccc1)n1cc[n+](C)c1. The Labute approximate surface area is 156 Å². The van der Waals surface area contributed by atoms with E-state index >= 15 is 0 Å². The van der Waals surface area contributed by atoms with E-state index in [-0.39, 0.29) is 0 Å². The molecule has 0 atom stereocenters. The molecule has 0 saturated heterocycles. The molecule has 0 aliphatic heterocycles. The lowest BCUT2D eigenvalue weighted by molar-refractivity contribution is -0.670. The van der Waals surface area contributed by atoms with Crippen LogP contribution >= 0.6 is 0 Å². The highest BCUT2D eigenvalue weighted by molar-refractivity contribution is 6.02. The Hall–Kier alpha value is -2.68. The van der Waals surface area contributed by atoms with E-state index in [1.807, 2.05) is 23.9 Å². The maximum Gasteiger partial charge on any atom is 0.250 e. The minimum Gasteiger partial charge on any atom is -0.239 e. The van der Waals surface area contributed by atoms with Crippen molar-refractivity contribution in [2.75, 3.05) is 0 Å². The van der Waals surface area contributed by atoms with Crippen LogP contribution in [0.5, 0.6) is 0 Å². The second-order valence-corrected chi connectivity index (χ2v) is 7.38. The normalized spacial score (nSPS) is 12.2. The Morgan fingerprint density at radius 2 is 1.50 bits per heavy atom. The van der Waals surface area contributed by atoms with Gasteiger partial charge in [-0.15, -0.1) is 0 Å². The topological polar surface area (TPSA) is 21.2 Å². The molecule has 3 rings (SSSR count). The van der Waals surface area contributed by atoms with E-state index in [1.165, 1.54) is 11.1 Å². The molecule has 0 N–H and O–H groups in total. The Morgan fingerprint density at radius 3 is 2.00 bits per heavy atom. The summed E-state index contributed by atoms with van der Waals surface area (Å²) in [6.07, 6.45) is 6.15. The number of rotatable bonds is 4. The lowest BCUT2D eigenvalue weighted by atomic mass is 9.93. The Morgan fingerprint density at radius 1 is 0.885 bits per heavy atom. The van der Waals surface area contributed by atoms with Crippen molar-refractivity contribution in [3.63, 3.8) is 0 Å². The van der Waals surface area contributed by atoms with Gasteiger partial charge < -0.3 is 0 Å². The molecule has 1 aromatic heterocycles. The minimum atomic E-state index is 0.422. The Balaban J connectivity index is 2.27. The molecule has 26 heavy (non-hydrogen) atoms. The van der Waals surface area contributed by atoms with Gasteiger partial charge in [0.05, 0.1) is 12.7 Å². The maximum absolute atomic E-state index is 5.22. The first-order chi connectivity index (χ1) is 12.5. The molecule has 134 valence electrons. The number of hydrogen-bond donors (Lipinski definition) is 0. The van der Waals surface area contributed by atoms with Crippen LogP contribution in [0.2, 0.25) is 0 Å². The fourth-order valence-corrected chi connectivity index (χ4v) is 3.18. The zero-order valence-corrected chi connectivity index (χ0v) is 16.3. The van der Waals surface area contributed by atoms with E-state index in [4.69, 9.17) is 4.99 Å². The zero-order valence-electron chi connectivity index (χ0n) is 16.3. The number of para-hydroxylation sites is 1. The molecular formula is C23H28N3+. The lowest BCUT2D eigenvalue weighted by Crippen LogP contribution is -2.25. The van der Waals surface area contributed by atoms with Crippen LogP contribution in [-0.2, 0) is 7.05 Å². The predicted octanol–water partition coefficient (Wildman–Crippen LogP) is 5.19. The first kappa shape index (κ1) is 18.1. The molecule has 0 saturated carbocycles. The molecule has 0 aliphatic rings. The molecule has 1 heterocycles. The summed E-state index contributed by atoms with van der Waals surface area (Å²) in [5.41, 5.74) is 4.80. The summed E-state index contributed by atoms with van der Waals surface area (Å²) in [7, 11) is 2.03. The summed E-state index contributed by atoms with van der Waals surface area (Å²) in [5, 5.41) is 0. The fraction of sp³-hybridized carbons (Fsp3) is 0.304. The molecule has 3 heteroatoms. The lowest BCUT2D eigenvalue weighted by Gasteiger charge is -2.17. The van der Waals surface area contributed by atoms with Gasteiger partial charge in [-0.25, -0.2) is 9.56 Å². The largest absolute Gasteiger partial charge is 0.250 e. The molecule has 3 nitrogen and oxygen atoms in total. The van der Waals surface area contributed by atoms with Crippen molar-refractivity contribution in [1.29, 1.82) is 0 Å². The van der Waals surface area contributed by atoms with Gasteiger partial charge in [0.15, 0.2) is 0 Å². The van der Waals surface area contributed by atoms with E-state index in [0.29, 0.717) is 11.8 Å². The Bertz CT molecular complexity index is 876. The summed E-state index contributed by atoms with van der Waals surface area (Å²) in [4.78, 5) is 5.22. The highest BCUT2D eigenvalue weighted by Crippen LogP contribution is 2.35. The van der Waals surface area contributed by atoms with Crippen LogP contribution in [0.4, 0.5) is 5.69 Å². The van der Waals surface area contributed by atoms with E-state index < -0.39 is 0 Å². The van der Waals surface area contributed by atoms with Crippen molar-refractivity contribution in [3.05, 3.63) is 83.9 Å². The molecular weight excluding hydrogens is 318 g/mol. The third-order valence-electron chi connectivity index (χ3n) is 4.61. The summed E-state index contributed by atoms with van der Waals surface area (Å²) < 4.78 is 4.13. The number of nitrogens with zero attached hydrogens (tertiary/aromatic N) is 3. The summed E-state index contributed by atoms with van der Waals surface area (Å²) >= 11 is 0. The number of hydrogen-bond acceptors (Lipinski definition) is 1. The van der Waals surface area contributed by atoms with Gasteiger partial charge in [0, 0.05) is 5.56 Å². The molecule has 0 amide bonds. The number of imidazole rings is 1. The van der Waals surface area contributed by atoms with E-state index in [2.05, 4.69) is 87.3 Å². The van der Waals surface area contributed by atoms with Gasteiger partial charge in [-0.05, 0) is 35.1 Å². The van der Waals surface area contributed by atoms with Crippen molar-refractivity contribution in [2.24, 2.45) is 12.0 Å². The van der Waals surface area contributed by atoms with Crippen molar-refractivity contribution >= 4 is 11.5 Å². The molecule has 0 fully saturated rings. The van der Waals surface area contributed by atoms with Gasteiger partial charge in [-0.3, -0.25) is 0 Å². The van der Waals surface area contributed by atoms with Gasteiger partial charge in [0.1, 0.15) is 12.4 Å². The van der Waals surface area contributed by atoms with Crippen molar-refractivity contribution in [3.8, 4) is 0 Å². The van der Waals surface area contributed by atoms with E-state index in [9.17, 15) is 0 Å². The summed E-state index contributed by atoms with van der Waals surface area (Å²) in [6, 6.07) is 17.0. The molecule has 2 aromatic carbocycles. The highest BCUT2D eigenvalue weighted by atomic mass is 15.1. The van der Waals surface area contributed by atoms with Crippen LogP contribution in [0.3, 0.4) is 0 Å². The number of aliphatic imine (C=N–C) groups is 1. The zero-order chi connectivity index (χ0) is 18.7. The van der Waals surface area contributed by atoms with Crippen LogP contribution in [0.25, 0.3) is 0 Å². The van der Waals surface area contributed by atoms with Gasteiger partial charge >= 0.3 is 0 Å². The van der Waals surface area contributed by atoms with Crippen LogP contribution in [-0.4, -0.2) is 10.4 Å². The molecule has 0 spiro atoms. The van der Waals surface area contributed by atoms with E-state index in [0.717, 1.165) is 17.1 Å². The van der Waals surface area contributed by atoms with Crippen molar-refractivity contribution in [2.45, 2.75) is 39.5 Å². The number of aromatic nitrogens is 2. The molecule has 0 radical (unpaired) electrons. The summed E-state index contributed by atoms with van der Waals surface area (Å²) in [6.45, 7) is 8.93. The second kappa shape index (κ2) is 7.69. The average Bonchev–Trinajstić information content (AvgIpc) is 3.06. The van der Waals surface area contributed by atoms with Gasteiger partial charge in [0.2, 0.25) is 12.2 Å². The second-order valence-electron chi connectivity index (χ2n) is 7.38. The smallest absolute Gasteiger partial charge is 0.239 e.